The molecule has 1 aromatic heterocycles. The highest BCUT2D eigenvalue weighted by Crippen LogP contribution is 2.23. The van der Waals surface area contributed by atoms with Gasteiger partial charge in [0.25, 0.3) is 5.91 Å². The highest BCUT2D eigenvalue weighted by atomic mass is 35.5. The van der Waals surface area contributed by atoms with Gasteiger partial charge in [0.2, 0.25) is 0 Å². The number of halogens is 2. The van der Waals surface area contributed by atoms with Crippen LogP contribution in [0.25, 0.3) is 0 Å². The molecule has 0 fully saturated rings. The lowest BCUT2D eigenvalue weighted by molar-refractivity contribution is 0.0954. The van der Waals surface area contributed by atoms with Crippen molar-refractivity contribution in [1.82, 2.24) is 5.32 Å². The molecule has 3 nitrogen and oxygen atoms in total. The largest absolute Gasteiger partial charge is 0.384 e. The number of hydrogen-bond acceptors (Lipinski definition) is 3. The van der Waals surface area contributed by atoms with Crippen LogP contribution in [-0.2, 0) is 12.8 Å². The molecule has 0 spiro atoms. The van der Waals surface area contributed by atoms with E-state index in [9.17, 15) is 4.79 Å². The molecule has 112 valence electrons. The minimum atomic E-state index is -0.0117. The van der Waals surface area contributed by atoms with Gasteiger partial charge in [-0.05, 0) is 48.7 Å². The molecule has 2 heterocycles. The predicted molar refractivity (Wildman–Crippen MR) is 91.2 cm³/mol. The van der Waals surface area contributed by atoms with Crippen molar-refractivity contribution < 1.29 is 4.79 Å². The number of fused-ring (bicyclic) bond motifs is 1. The van der Waals surface area contributed by atoms with E-state index in [0.29, 0.717) is 6.54 Å². The molecule has 0 saturated carbocycles. The van der Waals surface area contributed by atoms with E-state index in [1.54, 1.807) is 11.3 Å². The van der Waals surface area contributed by atoms with E-state index in [1.807, 2.05) is 30.3 Å². The molecule has 0 saturated heterocycles. The zero-order valence-corrected chi connectivity index (χ0v) is 13.7. The number of rotatable bonds is 4. The fourth-order valence-electron chi connectivity index (χ4n) is 2.33. The number of hydrogen-bond donors (Lipinski definition) is 2. The molecule has 21 heavy (non-hydrogen) atoms. The van der Waals surface area contributed by atoms with Gasteiger partial charge in [-0.3, -0.25) is 4.79 Å². The number of benzene rings is 1. The summed E-state index contributed by atoms with van der Waals surface area (Å²) in [6.45, 7) is 1.59. The van der Waals surface area contributed by atoms with Crippen molar-refractivity contribution in [3.63, 3.8) is 0 Å². The number of carbonyl (C=O) groups is 1. The summed E-state index contributed by atoms with van der Waals surface area (Å²) in [6, 6.07) is 9.72. The second-order valence-electron chi connectivity index (χ2n) is 4.76. The summed E-state index contributed by atoms with van der Waals surface area (Å²) in [7, 11) is 0. The third kappa shape index (κ3) is 3.90. The summed E-state index contributed by atoms with van der Waals surface area (Å²) in [6.07, 6.45) is 1.81. The van der Waals surface area contributed by atoms with Crippen molar-refractivity contribution in [2.24, 2.45) is 0 Å². The van der Waals surface area contributed by atoms with E-state index < -0.39 is 0 Å². The molecule has 0 atom stereocenters. The monoisotopic (exact) mass is 342 g/mol. The topological polar surface area (TPSA) is 41.1 Å². The summed E-state index contributed by atoms with van der Waals surface area (Å²) in [5.41, 5.74) is 3.11. The molecule has 1 aliphatic heterocycles. The highest BCUT2D eigenvalue weighted by Gasteiger charge is 2.13. The van der Waals surface area contributed by atoms with Crippen LogP contribution in [-0.4, -0.2) is 19.0 Å². The Morgan fingerprint density at radius 3 is 2.95 bits per heavy atom. The summed E-state index contributed by atoms with van der Waals surface area (Å²) >= 11 is 7.43. The van der Waals surface area contributed by atoms with Crippen molar-refractivity contribution in [3.05, 3.63) is 50.7 Å². The maximum atomic E-state index is 12.1. The van der Waals surface area contributed by atoms with Gasteiger partial charge >= 0.3 is 0 Å². The van der Waals surface area contributed by atoms with E-state index >= 15 is 0 Å². The first-order chi connectivity index (χ1) is 9.72. The quantitative estimate of drug-likeness (QED) is 0.887. The summed E-state index contributed by atoms with van der Waals surface area (Å²) < 4.78 is 0.789. The normalized spacial score (nSPS) is 12.2. The van der Waals surface area contributed by atoms with Crippen LogP contribution in [0.15, 0.2) is 30.3 Å². The third-order valence-corrected chi connectivity index (χ3v) is 4.65. The molecule has 0 radical (unpaired) electrons. The molecule has 1 amide bonds. The predicted octanol–water partition coefficient (Wildman–Crippen LogP) is 3.76. The zero-order chi connectivity index (χ0) is 13.9. The number of amides is 1. The number of anilines is 1. The van der Waals surface area contributed by atoms with E-state index in [4.69, 9.17) is 11.6 Å². The van der Waals surface area contributed by atoms with Crippen LogP contribution < -0.4 is 10.6 Å². The highest BCUT2D eigenvalue weighted by molar-refractivity contribution is 7.16. The van der Waals surface area contributed by atoms with Crippen molar-refractivity contribution >= 4 is 46.9 Å². The molecule has 2 N–H and O–H groups in total. The Bertz CT molecular complexity index is 642. The van der Waals surface area contributed by atoms with E-state index in [1.165, 1.54) is 10.4 Å². The maximum Gasteiger partial charge on any atom is 0.251 e. The Labute approximate surface area is 139 Å². The van der Waals surface area contributed by atoms with Gasteiger partial charge in [-0.15, -0.1) is 23.7 Å². The van der Waals surface area contributed by atoms with Crippen molar-refractivity contribution in [1.29, 1.82) is 0 Å². The average molecular weight is 343 g/mol. The van der Waals surface area contributed by atoms with Gasteiger partial charge < -0.3 is 10.6 Å². The molecule has 3 rings (SSSR count). The lowest BCUT2D eigenvalue weighted by Gasteiger charge is -2.06. The Balaban J connectivity index is 0.00000161. The van der Waals surface area contributed by atoms with Gasteiger partial charge in [-0.25, -0.2) is 0 Å². The van der Waals surface area contributed by atoms with Gasteiger partial charge in [0, 0.05) is 29.2 Å². The second-order valence-corrected chi connectivity index (χ2v) is 6.56. The van der Waals surface area contributed by atoms with Gasteiger partial charge in [-0.2, -0.15) is 0 Å². The van der Waals surface area contributed by atoms with E-state index in [0.717, 1.165) is 35.0 Å². The van der Waals surface area contributed by atoms with Crippen LogP contribution in [0, 0.1) is 0 Å². The molecule has 0 unspecified atom stereocenters. The lowest BCUT2D eigenvalue weighted by atomic mass is 10.1. The average Bonchev–Trinajstić information content (AvgIpc) is 3.06. The summed E-state index contributed by atoms with van der Waals surface area (Å²) in [4.78, 5) is 13.3. The van der Waals surface area contributed by atoms with Gasteiger partial charge in [-0.1, -0.05) is 11.6 Å². The first-order valence-electron chi connectivity index (χ1n) is 6.61. The number of nitrogens with one attached hydrogen (secondary N) is 2. The summed E-state index contributed by atoms with van der Waals surface area (Å²) in [5.74, 6) is -0.0117. The van der Waals surface area contributed by atoms with Crippen LogP contribution >= 0.6 is 35.3 Å². The molecule has 0 bridgehead atoms. The Hall–Kier alpha value is -1.23. The van der Waals surface area contributed by atoms with Gasteiger partial charge in [0.15, 0.2) is 0 Å². The zero-order valence-electron chi connectivity index (χ0n) is 11.3. The van der Waals surface area contributed by atoms with Crippen LogP contribution in [0.2, 0.25) is 4.34 Å². The van der Waals surface area contributed by atoms with Crippen molar-refractivity contribution in [2.45, 2.75) is 12.8 Å². The van der Waals surface area contributed by atoms with Crippen LogP contribution in [0.1, 0.15) is 20.8 Å². The molecule has 6 heteroatoms. The SMILES string of the molecule is Cl.O=C(NCCc1ccc(Cl)s1)c1ccc2c(c1)CCN2. The van der Waals surface area contributed by atoms with Crippen LogP contribution in [0.4, 0.5) is 5.69 Å². The smallest absolute Gasteiger partial charge is 0.251 e. The van der Waals surface area contributed by atoms with Crippen molar-refractivity contribution in [2.75, 3.05) is 18.4 Å². The molecule has 2 aromatic rings. The fraction of sp³-hybridized carbons (Fsp3) is 0.267. The Kier molecular flexibility index (Phi) is 5.51. The van der Waals surface area contributed by atoms with Crippen LogP contribution in [0.5, 0.6) is 0 Å². The summed E-state index contributed by atoms with van der Waals surface area (Å²) in [5, 5.41) is 6.24. The maximum absolute atomic E-state index is 12.1. The molecule has 1 aromatic carbocycles. The molecular formula is C15H16Cl2N2OS. The number of carbonyl (C=O) groups excluding carboxylic acids is 1. The molecule has 1 aliphatic rings. The standard InChI is InChI=1S/C15H15ClN2OS.ClH/c16-14-4-2-12(20-14)6-8-18-15(19)11-1-3-13-10(9-11)5-7-17-13;/h1-4,9,17H,5-8H2,(H,18,19);1H. The third-order valence-electron chi connectivity index (χ3n) is 3.36. The Morgan fingerprint density at radius 1 is 1.33 bits per heavy atom. The first kappa shape index (κ1) is 16.1. The molecule has 0 aliphatic carbocycles. The first-order valence-corrected chi connectivity index (χ1v) is 7.81. The van der Waals surface area contributed by atoms with Gasteiger partial charge in [0.05, 0.1) is 4.34 Å². The van der Waals surface area contributed by atoms with Gasteiger partial charge in [0.1, 0.15) is 0 Å². The minimum absolute atomic E-state index is 0. The van der Waals surface area contributed by atoms with Crippen LogP contribution in [0.3, 0.4) is 0 Å². The minimum Gasteiger partial charge on any atom is -0.384 e. The second kappa shape index (κ2) is 7.16. The van der Waals surface area contributed by atoms with Crippen molar-refractivity contribution in [3.8, 4) is 0 Å². The van der Waals surface area contributed by atoms with E-state index in [2.05, 4.69) is 10.6 Å². The lowest BCUT2D eigenvalue weighted by Crippen LogP contribution is -2.25. The number of thiophene rings is 1. The Morgan fingerprint density at radius 2 is 2.19 bits per heavy atom. The van der Waals surface area contributed by atoms with E-state index in [-0.39, 0.29) is 18.3 Å². The molecular weight excluding hydrogens is 327 g/mol. The fourth-order valence-corrected chi connectivity index (χ4v) is 3.42.